The Labute approximate surface area is 109 Å². The Hall–Kier alpha value is -1.06. The van der Waals surface area contributed by atoms with Gasteiger partial charge in [0.15, 0.2) is 0 Å². The van der Waals surface area contributed by atoms with Gasteiger partial charge in [-0.2, -0.15) is 0 Å². The molecular formula is C15H22O3. The predicted molar refractivity (Wildman–Crippen MR) is 70.8 cm³/mol. The molecule has 2 unspecified atom stereocenters. The van der Waals surface area contributed by atoms with Gasteiger partial charge in [-0.1, -0.05) is 18.2 Å². The summed E-state index contributed by atoms with van der Waals surface area (Å²) in [6, 6.07) is 5.89. The van der Waals surface area contributed by atoms with E-state index < -0.39 is 0 Å². The fourth-order valence-electron chi connectivity index (χ4n) is 2.60. The quantitative estimate of drug-likeness (QED) is 0.893. The molecular weight excluding hydrogens is 228 g/mol. The van der Waals surface area contributed by atoms with Gasteiger partial charge in [-0.05, 0) is 31.7 Å². The fraction of sp³-hybridized carbons (Fsp3) is 0.600. The first-order valence-corrected chi connectivity index (χ1v) is 6.63. The summed E-state index contributed by atoms with van der Waals surface area (Å²) >= 11 is 0. The molecule has 1 N–H and O–H groups in total. The Kier molecular flexibility index (Phi) is 4.61. The van der Waals surface area contributed by atoms with Crippen LogP contribution in [0, 0.1) is 6.92 Å². The number of hydrogen-bond donors (Lipinski definition) is 1. The molecule has 0 saturated heterocycles. The van der Waals surface area contributed by atoms with Crippen molar-refractivity contribution in [1.29, 1.82) is 0 Å². The summed E-state index contributed by atoms with van der Waals surface area (Å²) in [5.74, 6) is 0.849. The smallest absolute Gasteiger partial charge is 0.128 e. The van der Waals surface area contributed by atoms with E-state index in [4.69, 9.17) is 9.47 Å². The molecule has 0 aliphatic heterocycles. The van der Waals surface area contributed by atoms with E-state index in [9.17, 15) is 5.11 Å². The van der Waals surface area contributed by atoms with Crippen molar-refractivity contribution >= 4 is 0 Å². The van der Waals surface area contributed by atoms with Crippen LogP contribution in [-0.4, -0.2) is 24.4 Å². The molecule has 1 aliphatic carbocycles. The van der Waals surface area contributed by atoms with E-state index in [1.54, 1.807) is 7.11 Å². The van der Waals surface area contributed by atoms with Crippen LogP contribution in [0.1, 0.15) is 36.8 Å². The number of hydrogen-bond acceptors (Lipinski definition) is 3. The van der Waals surface area contributed by atoms with Crippen LogP contribution in [0.5, 0.6) is 5.75 Å². The topological polar surface area (TPSA) is 38.7 Å². The highest BCUT2D eigenvalue weighted by molar-refractivity contribution is 5.40. The van der Waals surface area contributed by atoms with Crippen molar-refractivity contribution in [3.05, 3.63) is 29.3 Å². The molecule has 0 heterocycles. The van der Waals surface area contributed by atoms with Gasteiger partial charge >= 0.3 is 0 Å². The van der Waals surface area contributed by atoms with Crippen molar-refractivity contribution in [2.24, 2.45) is 0 Å². The average Bonchev–Trinajstić information content (AvgIpc) is 2.41. The zero-order chi connectivity index (χ0) is 13.0. The average molecular weight is 250 g/mol. The molecule has 100 valence electrons. The van der Waals surface area contributed by atoms with E-state index >= 15 is 0 Å². The van der Waals surface area contributed by atoms with E-state index in [1.165, 1.54) is 0 Å². The van der Waals surface area contributed by atoms with Crippen molar-refractivity contribution in [3.8, 4) is 5.75 Å². The summed E-state index contributed by atoms with van der Waals surface area (Å²) in [7, 11) is 1.76. The van der Waals surface area contributed by atoms with Gasteiger partial charge in [-0.25, -0.2) is 0 Å². The van der Waals surface area contributed by atoms with Gasteiger partial charge in [-0.15, -0.1) is 0 Å². The van der Waals surface area contributed by atoms with Crippen LogP contribution >= 0.6 is 0 Å². The normalized spacial score (nSPS) is 23.9. The first-order chi connectivity index (χ1) is 8.74. The van der Waals surface area contributed by atoms with Gasteiger partial charge in [0.1, 0.15) is 11.9 Å². The second-order valence-electron chi connectivity index (χ2n) is 4.99. The van der Waals surface area contributed by atoms with Gasteiger partial charge in [0.05, 0.1) is 12.7 Å². The maximum absolute atomic E-state index is 9.37. The number of aliphatic hydroxyl groups excluding tert-OH is 1. The molecule has 2 rings (SSSR count). The third-order valence-corrected chi connectivity index (χ3v) is 3.66. The van der Waals surface area contributed by atoms with E-state index in [1.807, 2.05) is 25.1 Å². The lowest BCUT2D eigenvalue weighted by molar-refractivity contribution is 0.0201. The molecule has 18 heavy (non-hydrogen) atoms. The second kappa shape index (κ2) is 6.21. The highest BCUT2D eigenvalue weighted by Gasteiger charge is 2.24. The molecule has 1 fully saturated rings. The van der Waals surface area contributed by atoms with Crippen LogP contribution in [0.25, 0.3) is 0 Å². The Morgan fingerprint density at radius 1 is 1.28 bits per heavy atom. The highest BCUT2D eigenvalue weighted by Crippen LogP contribution is 2.29. The Balaban J connectivity index is 2.09. The standard InChI is InChI=1S/C15H22O3/c1-11-5-3-6-12(10-16)15(11)18-14-8-4-7-13(9-14)17-2/h3,5-6,13-14,16H,4,7-10H2,1-2H3. The molecule has 0 spiro atoms. The second-order valence-corrected chi connectivity index (χ2v) is 4.99. The summed E-state index contributed by atoms with van der Waals surface area (Å²) in [4.78, 5) is 0. The summed E-state index contributed by atoms with van der Waals surface area (Å²) in [6.45, 7) is 2.04. The van der Waals surface area contributed by atoms with Gasteiger partial charge in [0.25, 0.3) is 0 Å². The minimum absolute atomic E-state index is 0.0252. The van der Waals surface area contributed by atoms with Crippen LogP contribution in [0.4, 0.5) is 0 Å². The first kappa shape index (κ1) is 13.4. The number of ether oxygens (including phenoxy) is 2. The molecule has 1 aromatic carbocycles. The predicted octanol–water partition coefficient (Wildman–Crippen LogP) is 2.82. The van der Waals surface area contributed by atoms with Gasteiger partial charge < -0.3 is 14.6 Å². The molecule has 1 aromatic rings. The third kappa shape index (κ3) is 3.03. The largest absolute Gasteiger partial charge is 0.490 e. The maximum atomic E-state index is 9.37. The number of rotatable bonds is 4. The Morgan fingerprint density at radius 2 is 2.06 bits per heavy atom. The van der Waals surface area contributed by atoms with Gasteiger partial charge in [0.2, 0.25) is 0 Å². The Bertz CT molecular complexity index is 389. The number of aryl methyl sites for hydroxylation is 1. The lowest BCUT2D eigenvalue weighted by Crippen LogP contribution is -2.30. The molecule has 3 heteroatoms. The lowest BCUT2D eigenvalue weighted by atomic mass is 9.94. The fourth-order valence-corrected chi connectivity index (χ4v) is 2.60. The molecule has 1 saturated carbocycles. The summed E-state index contributed by atoms with van der Waals surface area (Å²) < 4.78 is 11.5. The van der Waals surface area contributed by atoms with Gasteiger partial charge in [0, 0.05) is 19.1 Å². The van der Waals surface area contributed by atoms with E-state index in [0.29, 0.717) is 6.10 Å². The van der Waals surface area contributed by atoms with Crippen LogP contribution in [-0.2, 0) is 11.3 Å². The first-order valence-electron chi connectivity index (χ1n) is 6.63. The van der Waals surface area contributed by atoms with Gasteiger partial charge in [-0.3, -0.25) is 0 Å². The summed E-state index contributed by atoms with van der Waals surface area (Å²) in [5, 5.41) is 9.37. The highest BCUT2D eigenvalue weighted by atomic mass is 16.5. The Morgan fingerprint density at radius 3 is 2.78 bits per heavy atom. The maximum Gasteiger partial charge on any atom is 0.128 e. The van der Waals surface area contributed by atoms with Crippen molar-refractivity contribution in [3.63, 3.8) is 0 Å². The zero-order valence-corrected chi connectivity index (χ0v) is 11.2. The number of benzene rings is 1. The minimum Gasteiger partial charge on any atom is -0.490 e. The van der Waals surface area contributed by atoms with Crippen molar-refractivity contribution < 1.29 is 14.6 Å². The van der Waals surface area contributed by atoms with Crippen LogP contribution in [0.15, 0.2) is 18.2 Å². The van der Waals surface area contributed by atoms with Crippen molar-refractivity contribution in [2.75, 3.05) is 7.11 Å². The monoisotopic (exact) mass is 250 g/mol. The lowest BCUT2D eigenvalue weighted by Gasteiger charge is -2.29. The van der Waals surface area contributed by atoms with Crippen LogP contribution < -0.4 is 4.74 Å². The van der Waals surface area contributed by atoms with E-state index in [-0.39, 0.29) is 12.7 Å². The van der Waals surface area contributed by atoms with E-state index in [2.05, 4.69) is 0 Å². The molecule has 1 aliphatic rings. The van der Waals surface area contributed by atoms with E-state index in [0.717, 1.165) is 42.6 Å². The third-order valence-electron chi connectivity index (χ3n) is 3.66. The molecule has 0 radical (unpaired) electrons. The minimum atomic E-state index is 0.0252. The number of methoxy groups -OCH3 is 1. The van der Waals surface area contributed by atoms with Crippen LogP contribution in [0.3, 0.4) is 0 Å². The van der Waals surface area contributed by atoms with Crippen molar-refractivity contribution in [2.45, 2.75) is 51.4 Å². The van der Waals surface area contributed by atoms with Crippen molar-refractivity contribution in [1.82, 2.24) is 0 Å². The molecule has 3 nitrogen and oxygen atoms in total. The molecule has 0 bridgehead atoms. The summed E-state index contributed by atoms with van der Waals surface area (Å²) in [6.07, 6.45) is 4.79. The molecule has 0 aromatic heterocycles. The molecule has 0 amide bonds. The summed E-state index contributed by atoms with van der Waals surface area (Å²) in [5.41, 5.74) is 1.95. The number of aliphatic hydroxyl groups is 1. The SMILES string of the molecule is COC1CCCC(Oc2c(C)cccc2CO)C1. The van der Waals surface area contributed by atoms with Crippen LogP contribution in [0.2, 0.25) is 0 Å². The zero-order valence-electron chi connectivity index (χ0n) is 11.2. The molecule has 2 atom stereocenters. The number of para-hydroxylation sites is 1.